The number of amides is 2. The second-order valence-electron chi connectivity index (χ2n) is 8.95. The van der Waals surface area contributed by atoms with E-state index in [1.54, 1.807) is 0 Å². The highest BCUT2D eigenvalue weighted by molar-refractivity contribution is 5.92. The Morgan fingerprint density at radius 1 is 1.17 bits per heavy atom. The van der Waals surface area contributed by atoms with E-state index >= 15 is 0 Å². The van der Waals surface area contributed by atoms with Crippen molar-refractivity contribution in [2.24, 2.45) is 7.05 Å². The smallest absolute Gasteiger partial charge is 0.270 e. The summed E-state index contributed by atoms with van der Waals surface area (Å²) in [5.41, 5.74) is 1.51. The Kier molecular flexibility index (Phi) is 5.58. The van der Waals surface area contributed by atoms with Crippen LogP contribution < -0.4 is 10.1 Å². The minimum atomic E-state index is -0.317. The number of hydrogen-bond donors (Lipinski definition) is 1. The van der Waals surface area contributed by atoms with Crippen LogP contribution in [0, 0.1) is 0 Å². The number of carbonyl (C=O) groups is 2. The number of aromatic nitrogens is 1. The van der Waals surface area contributed by atoms with Gasteiger partial charge in [0.25, 0.3) is 5.91 Å². The number of fused-ring (bicyclic) bond motifs is 1. The van der Waals surface area contributed by atoms with E-state index in [2.05, 4.69) is 11.4 Å². The van der Waals surface area contributed by atoms with Crippen LogP contribution in [0.4, 0.5) is 0 Å². The zero-order valence-electron chi connectivity index (χ0n) is 18.1. The summed E-state index contributed by atoms with van der Waals surface area (Å²) in [6.45, 7) is 5.29. The van der Waals surface area contributed by atoms with Gasteiger partial charge < -0.3 is 19.5 Å². The zero-order valence-corrected chi connectivity index (χ0v) is 18.1. The maximum absolute atomic E-state index is 12.9. The number of para-hydroxylation sites is 1. The summed E-state index contributed by atoms with van der Waals surface area (Å²) >= 11 is 0. The predicted molar refractivity (Wildman–Crippen MR) is 116 cm³/mol. The maximum atomic E-state index is 12.9. The van der Waals surface area contributed by atoms with Gasteiger partial charge in [-0.15, -0.1) is 0 Å². The Bertz CT molecular complexity index is 925. The molecule has 1 N–H and O–H groups in total. The molecule has 1 saturated heterocycles. The van der Waals surface area contributed by atoms with Crippen LogP contribution in [0.3, 0.4) is 0 Å². The first-order chi connectivity index (χ1) is 14.4. The van der Waals surface area contributed by atoms with Gasteiger partial charge in [0.15, 0.2) is 0 Å². The van der Waals surface area contributed by atoms with Gasteiger partial charge in [0.1, 0.15) is 17.0 Å². The summed E-state index contributed by atoms with van der Waals surface area (Å²) < 4.78 is 8.39. The first-order valence-electron chi connectivity index (χ1n) is 10.8. The Balaban J connectivity index is 1.49. The molecule has 1 aromatic carbocycles. The molecule has 2 aliphatic heterocycles. The topological polar surface area (TPSA) is 63.6 Å². The molecule has 4 rings (SSSR count). The van der Waals surface area contributed by atoms with Gasteiger partial charge in [-0.05, 0) is 44.0 Å². The molecule has 1 fully saturated rings. The largest absolute Gasteiger partial charge is 0.487 e. The molecule has 6 nitrogen and oxygen atoms in total. The van der Waals surface area contributed by atoms with E-state index in [0.29, 0.717) is 25.2 Å². The van der Waals surface area contributed by atoms with Gasteiger partial charge in [-0.3, -0.25) is 9.59 Å². The molecule has 1 spiro atoms. The highest BCUT2D eigenvalue weighted by atomic mass is 16.5. The highest BCUT2D eigenvalue weighted by Gasteiger charge is 2.44. The molecule has 1 atom stereocenters. The van der Waals surface area contributed by atoms with E-state index in [1.807, 2.05) is 66.9 Å². The first kappa shape index (κ1) is 20.5. The van der Waals surface area contributed by atoms with E-state index in [9.17, 15) is 9.59 Å². The summed E-state index contributed by atoms with van der Waals surface area (Å²) in [6.07, 6.45) is 4.72. The first-order valence-corrected chi connectivity index (χ1v) is 10.8. The van der Waals surface area contributed by atoms with Gasteiger partial charge >= 0.3 is 0 Å². The van der Waals surface area contributed by atoms with Crippen LogP contribution >= 0.6 is 0 Å². The van der Waals surface area contributed by atoms with Crippen molar-refractivity contribution in [3.63, 3.8) is 0 Å². The molecule has 2 aromatic rings. The molecule has 2 aliphatic rings. The predicted octanol–water partition coefficient (Wildman–Crippen LogP) is 3.48. The Labute approximate surface area is 178 Å². The monoisotopic (exact) mass is 409 g/mol. The lowest BCUT2D eigenvalue weighted by Gasteiger charge is -2.47. The van der Waals surface area contributed by atoms with E-state index < -0.39 is 0 Å². The van der Waals surface area contributed by atoms with Gasteiger partial charge in [-0.25, -0.2) is 0 Å². The van der Waals surface area contributed by atoms with Crippen LogP contribution in [0.15, 0.2) is 42.6 Å². The molecule has 1 aromatic heterocycles. The van der Waals surface area contributed by atoms with Gasteiger partial charge in [-0.2, -0.15) is 0 Å². The molecule has 0 unspecified atom stereocenters. The van der Waals surface area contributed by atoms with Crippen molar-refractivity contribution in [2.45, 2.75) is 57.1 Å². The number of carbonyl (C=O) groups excluding carboxylic acids is 2. The number of likely N-dealkylation sites (tertiary alicyclic amines) is 1. The van der Waals surface area contributed by atoms with Gasteiger partial charge in [0.2, 0.25) is 5.91 Å². The summed E-state index contributed by atoms with van der Waals surface area (Å²) in [6, 6.07) is 12.0. The third-order valence-electron chi connectivity index (χ3n) is 6.31. The average Bonchev–Trinajstić information content (AvgIpc) is 3.13. The molecule has 0 bridgehead atoms. The summed E-state index contributed by atoms with van der Waals surface area (Å²) in [7, 11) is 1.90. The molecule has 0 radical (unpaired) electrons. The SMILES string of the molecule is CC(C)NC(=O)C[C@@H]1CC2(CCN(C(=O)c3cccn3C)CC2)Oc2ccccc21. The van der Waals surface area contributed by atoms with Crippen molar-refractivity contribution < 1.29 is 14.3 Å². The fourth-order valence-corrected chi connectivity index (χ4v) is 4.80. The number of hydrogen-bond acceptors (Lipinski definition) is 3. The van der Waals surface area contributed by atoms with Crippen molar-refractivity contribution in [3.8, 4) is 5.75 Å². The molecule has 30 heavy (non-hydrogen) atoms. The number of nitrogens with one attached hydrogen (secondary N) is 1. The Morgan fingerprint density at radius 3 is 2.57 bits per heavy atom. The normalized spacial score (nSPS) is 20.0. The molecule has 0 saturated carbocycles. The number of benzene rings is 1. The average molecular weight is 410 g/mol. The van der Waals surface area contributed by atoms with Crippen LogP contribution in [0.25, 0.3) is 0 Å². The quantitative estimate of drug-likeness (QED) is 0.841. The fraction of sp³-hybridized carbons (Fsp3) is 0.500. The Morgan fingerprint density at radius 2 is 1.90 bits per heavy atom. The van der Waals surface area contributed by atoms with Crippen LogP contribution in [0.5, 0.6) is 5.75 Å². The molecular weight excluding hydrogens is 378 g/mol. The number of aryl methyl sites for hydroxylation is 1. The summed E-state index contributed by atoms with van der Waals surface area (Å²) in [5.74, 6) is 1.16. The van der Waals surface area contributed by atoms with Crippen LogP contribution in [-0.4, -0.2) is 46.0 Å². The van der Waals surface area contributed by atoms with E-state index in [-0.39, 0.29) is 29.4 Å². The molecule has 0 aliphatic carbocycles. The van der Waals surface area contributed by atoms with E-state index in [4.69, 9.17) is 4.74 Å². The lowest BCUT2D eigenvalue weighted by molar-refractivity contribution is -0.122. The maximum Gasteiger partial charge on any atom is 0.270 e. The van der Waals surface area contributed by atoms with Crippen LogP contribution in [0.1, 0.15) is 61.5 Å². The third-order valence-corrected chi connectivity index (χ3v) is 6.31. The second kappa shape index (κ2) is 8.17. The van der Waals surface area contributed by atoms with Gasteiger partial charge in [0, 0.05) is 57.6 Å². The highest BCUT2D eigenvalue weighted by Crippen LogP contribution is 2.46. The zero-order chi connectivity index (χ0) is 21.3. The number of rotatable bonds is 4. The standard InChI is InChI=1S/C24H31N3O3/c1-17(2)25-22(28)15-18-16-24(30-21-9-5-4-7-19(18)21)10-13-27(14-11-24)23(29)20-8-6-12-26(20)3/h4-9,12,17-18H,10-11,13-16H2,1-3H3,(H,25,28)/t18-/m1/s1. The van der Waals surface area contributed by atoms with Crippen molar-refractivity contribution >= 4 is 11.8 Å². The van der Waals surface area contributed by atoms with Gasteiger partial charge in [-0.1, -0.05) is 18.2 Å². The summed E-state index contributed by atoms with van der Waals surface area (Å²) in [5, 5.41) is 3.02. The molecular formula is C24H31N3O3. The third kappa shape index (κ3) is 4.09. The van der Waals surface area contributed by atoms with Crippen molar-refractivity contribution in [1.82, 2.24) is 14.8 Å². The number of piperidine rings is 1. The lowest BCUT2D eigenvalue weighted by Crippen LogP contribution is -2.52. The lowest BCUT2D eigenvalue weighted by atomic mass is 9.76. The van der Waals surface area contributed by atoms with Crippen molar-refractivity contribution in [2.75, 3.05) is 13.1 Å². The van der Waals surface area contributed by atoms with E-state index in [1.165, 1.54) is 0 Å². The molecule has 6 heteroatoms. The number of ether oxygens (including phenoxy) is 1. The van der Waals surface area contributed by atoms with Gasteiger partial charge in [0.05, 0.1) is 0 Å². The minimum absolute atomic E-state index is 0.0708. The minimum Gasteiger partial charge on any atom is -0.487 e. The van der Waals surface area contributed by atoms with Crippen molar-refractivity contribution in [1.29, 1.82) is 0 Å². The summed E-state index contributed by atoms with van der Waals surface area (Å²) in [4.78, 5) is 27.3. The molecule has 160 valence electrons. The van der Waals surface area contributed by atoms with Crippen LogP contribution in [-0.2, 0) is 11.8 Å². The Hall–Kier alpha value is -2.76. The van der Waals surface area contributed by atoms with Crippen LogP contribution in [0.2, 0.25) is 0 Å². The number of nitrogens with zero attached hydrogens (tertiary/aromatic N) is 2. The van der Waals surface area contributed by atoms with Crippen molar-refractivity contribution in [3.05, 3.63) is 53.9 Å². The fourth-order valence-electron chi connectivity index (χ4n) is 4.80. The van der Waals surface area contributed by atoms with E-state index in [0.717, 1.165) is 30.6 Å². The molecule has 2 amide bonds. The second-order valence-corrected chi connectivity index (χ2v) is 8.95. The molecule has 3 heterocycles.